The Morgan fingerprint density at radius 2 is 2.18 bits per heavy atom. The van der Waals surface area contributed by atoms with E-state index in [2.05, 4.69) is 15.6 Å². The standard InChI is InChI=1S/C11H15Cl2N3O/c1-3-4-14-6-9(17)16-10-7(2)5-8(12)15-11(10)13/h5,14H,3-4,6H2,1-2H3,(H,16,17). The van der Waals surface area contributed by atoms with Crippen LogP contribution in [0.15, 0.2) is 6.07 Å². The van der Waals surface area contributed by atoms with E-state index in [4.69, 9.17) is 23.2 Å². The quantitative estimate of drug-likeness (QED) is 0.642. The second-order valence-corrected chi connectivity index (χ2v) is 4.40. The number of aromatic nitrogens is 1. The van der Waals surface area contributed by atoms with Crippen LogP contribution in [0.1, 0.15) is 18.9 Å². The van der Waals surface area contributed by atoms with Gasteiger partial charge in [-0.2, -0.15) is 0 Å². The van der Waals surface area contributed by atoms with Crippen LogP contribution in [-0.2, 0) is 4.79 Å². The van der Waals surface area contributed by atoms with Crippen LogP contribution in [0.25, 0.3) is 0 Å². The minimum atomic E-state index is -0.146. The van der Waals surface area contributed by atoms with Crippen molar-refractivity contribution < 1.29 is 4.79 Å². The molecule has 2 N–H and O–H groups in total. The summed E-state index contributed by atoms with van der Waals surface area (Å²) in [5.41, 5.74) is 1.30. The van der Waals surface area contributed by atoms with Gasteiger partial charge in [-0.3, -0.25) is 4.79 Å². The summed E-state index contributed by atoms with van der Waals surface area (Å²) in [6.07, 6.45) is 0.982. The molecule has 0 saturated heterocycles. The van der Waals surface area contributed by atoms with Crippen LogP contribution in [0, 0.1) is 6.92 Å². The lowest BCUT2D eigenvalue weighted by atomic mass is 10.2. The number of pyridine rings is 1. The highest BCUT2D eigenvalue weighted by atomic mass is 35.5. The summed E-state index contributed by atoms with van der Waals surface area (Å²) in [4.78, 5) is 15.5. The molecular weight excluding hydrogens is 261 g/mol. The fourth-order valence-corrected chi connectivity index (χ4v) is 1.89. The molecule has 0 atom stereocenters. The van der Waals surface area contributed by atoms with Crippen LogP contribution >= 0.6 is 23.2 Å². The molecule has 0 aliphatic carbocycles. The Morgan fingerprint density at radius 1 is 1.47 bits per heavy atom. The molecule has 1 aromatic heterocycles. The van der Waals surface area contributed by atoms with Gasteiger partial charge in [-0.25, -0.2) is 4.98 Å². The second kappa shape index (κ2) is 6.79. The minimum absolute atomic E-state index is 0.146. The molecule has 0 saturated carbocycles. The Bertz CT molecular complexity index is 387. The molecule has 4 nitrogen and oxygen atoms in total. The van der Waals surface area contributed by atoms with Crippen molar-refractivity contribution in [2.75, 3.05) is 18.4 Å². The highest BCUT2D eigenvalue weighted by molar-refractivity contribution is 6.34. The van der Waals surface area contributed by atoms with Gasteiger partial charge in [0, 0.05) is 0 Å². The van der Waals surface area contributed by atoms with Crippen molar-refractivity contribution in [3.05, 3.63) is 21.9 Å². The van der Waals surface area contributed by atoms with E-state index in [-0.39, 0.29) is 17.6 Å². The Balaban J connectivity index is 2.65. The molecule has 0 aliphatic rings. The molecule has 0 fully saturated rings. The zero-order valence-corrected chi connectivity index (χ0v) is 11.3. The summed E-state index contributed by atoms with van der Waals surface area (Å²) in [7, 11) is 0. The number of hydrogen-bond acceptors (Lipinski definition) is 3. The predicted octanol–water partition coefficient (Wildman–Crippen LogP) is 2.63. The van der Waals surface area contributed by atoms with Gasteiger partial charge in [-0.15, -0.1) is 0 Å². The number of carbonyl (C=O) groups excluding carboxylic acids is 1. The summed E-state index contributed by atoms with van der Waals surface area (Å²) >= 11 is 11.7. The lowest BCUT2D eigenvalue weighted by Crippen LogP contribution is -2.28. The topological polar surface area (TPSA) is 54.0 Å². The fraction of sp³-hybridized carbons (Fsp3) is 0.455. The van der Waals surface area contributed by atoms with Crippen molar-refractivity contribution in [3.8, 4) is 0 Å². The van der Waals surface area contributed by atoms with Crippen LogP contribution in [0.5, 0.6) is 0 Å². The molecule has 1 heterocycles. The molecule has 1 rings (SSSR count). The molecule has 0 unspecified atom stereocenters. The van der Waals surface area contributed by atoms with Gasteiger partial charge >= 0.3 is 0 Å². The Morgan fingerprint density at radius 3 is 2.76 bits per heavy atom. The van der Waals surface area contributed by atoms with Gasteiger partial charge in [0.15, 0.2) is 5.15 Å². The van der Waals surface area contributed by atoms with Crippen LogP contribution in [-0.4, -0.2) is 24.0 Å². The van der Waals surface area contributed by atoms with Gasteiger partial charge in [-0.1, -0.05) is 30.1 Å². The molecule has 17 heavy (non-hydrogen) atoms. The zero-order valence-electron chi connectivity index (χ0n) is 9.81. The maximum Gasteiger partial charge on any atom is 0.238 e. The number of rotatable bonds is 5. The third-order valence-corrected chi connectivity index (χ3v) is 2.59. The lowest BCUT2D eigenvalue weighted by Gasteiger charge is -2.10. The molecule has 6 heteroatoms. The van der Waals surface area contributed by atoms with Crippen molar-refractivity contribution in [2.24, 2.45) is 0 Å². The van der Waals surface area contributed by atoms with E-state index in [9.17, 15) is 4.79 Å². The van der Waals surface area contributed by atoms with Gasteiger partial charge < -0.3 is 10.6 Å². The van der Waals surface area contributed by atoms with Crippen molar-refractivity contribution >= 4 is 34.8 Å². The summed E-state index contributed by atoms with van der Waals surface area (Å²) in [6, 6.07) is 1.66. The van der Waals surface area contributed by atoms with E-state index in [1.54, 1.807) is 6.07 Å². The van der Waals surface area contributed by atoms with Crippen LogP contribution in [0.2, 0.25) is 10.3 Å². The Labute approximate surface area is 111 Å². The number of anilines is 1. The summed E-state index contributed by atoms with van der Waals surface area (Å²) in [5, 5.41) is 6.24. The van der Waals surface area contributed by atoms with E-state index in [1.807, 2.05) is 13.8 Å². The smallest absolute Gasteiger partial charge is 0.238 e. The number of amides is 1. The van der Waals surface area contributed by atoms with Crippen LogP contribution in [0.4, 0.5) is 5.69 Å². The maximum absolute atomic E-state index is 11.6. The molecule has 1 amide bonds. The van der Waals surface area contributed by atoms with Crippen molar-refractivity contribution in [1.82, 2.24) is 10.3 Å². The number of carbonyl (C=O) groups is 1. The van der Waals surface area contributed by atoms with Crippen molar-refractivity contribution in [2.45, 2.75) is 20.3 Å². The highest BCUT2D eigenvalue weighted by Crippen LogP contribution is 2.26. The first-order chi connectivity index (χ1) is 8.04. The highest BCUT2D eigenvalue weighted by Gasteiger charge is 2.10. The monoisotopic (exact) mass is 275 g/mol. The first-order valence-corrected chi connectivity index (χ1v) is 6.13. The Hall–Kier alpha value is -0.840. The molecule has 0 spiro atoms. The lowest BCUT2D eigenvalue weighted by molar-refractivity contribution is -0.115. The van der Waals surface area contributed by atoms with E-state index >= 15 is 0 Å². The third-order valence-electron chi connectivity index (χ3n) is 2.12. The summed E-state index contributed by atoms with van der Waals surface area (Å²) in [5.74, 6) is -0.146. The zero-order chi connectivity index (χ0) is 12.8. The summed E-state index contributed by atoms with van der Waals surface area (Å²) < 4.78 is 0. The molecule has 0 aromatic carbocycles. The van der Waals surface area contributed by atoms with E-state index in [0.29, 0.717) is 10.8 Å². The fourth-order valence-electron chi connectivity index (χ4n) is 1.31. The van der Waals surface area contributed by atoms with Gasteiger partial charge in [0.1, 0.15) is 5.15 Å². The average molecular weight is 276 g/mol. The number of aryl methyl sites for hydroxylation is 1. The Kier molecular flexibility index (Phi) is 5.68. The first kappa shape index (κ1) is 14.2. The van der Waals surface area contributed by atoms with Crippen molar-refractivity contribution in [1.29, 1.82) is 0 Å². The van der Waals surface area contributed by atoms with E-state index in [1.165, 1.54) is 0 Å². The molecule has 0 aliphatic heterocycles. The number of nitrogens with zero attached hydrogens (tertiary/aromatic N) is 1. The van der Waals surface area contributed by atoms with Gasteiger partial charge in [0.25, 0.3) is 0 Å². The number of hydrogen-bond donors (Lipinski definition) is 2. The van der Waals surface area contributed by atoms with Crippen molar-refractivity contribution in [3.63, 3.8) is 0 Å². The molecule has 0 bridgehead atoms. The average Bonchev–Trinajstić information content (AvgIpc) is 2.24. The first-order valence-electron chi connectivity index (χ1n) is 5.37. The van der Waals surface area contributed by atoms with Crippen LogP contribution in [0.3, 0.4) is 0 Å². The van der Waals surface area contributed by atoms with Gasteiger partial charge in [-0.05, 0) is 31.5 Å². The van der Waals surface area contributed by atoms with Gasteiger partial charge in [0.05, 0.1) is 12.2 Å². The third kappa shape index (κ3) is 4.50. The SMILES string of the molecule is CCCNCC(=O)Nc1c(C)cc(Cl)nc1Cl. The van der Waals surface area contributed by atoms with Crippen LogP contribution < -0.4 is 10.6 Å². The largest absolute Gasteiger partial charge is 0.322 e. The second-order valence-electron chi connectivity index (χ2n) is 3.65. The molecule has 1 aromatic rings. The predicted molar refractivity (Wildman–Crippen MR) is 70.8 cm³/mol. The molecule has 0 radical (unpaired) electrons. The minimum Gasteiger partial charge on any atom is -0.322 e. The maximum atomic E-state index is 11.6. The molecule has 94 valence electrons. The van der Waals surface area contributed by atoms with E-state index < -0.39 is 0 Å². The molecular formula is C11H15Cl2N3O. The normalized spacial score (nSPS) is 10.4. The number of nitrogens with one attached hydrogen (secondary N) is 2. The van der Waals surface area contributed by atoms with Gasteiger partial charge in [0.2, 0.25) is 5.91 Å². The number of halogens is 2. The summed E-state index contributed by atoms with van der Waals surface area (Å²) in [6.45, 7) is 4.91. The van der Waals surface area contributed by atoms with E-state index in [0.717, 1.165) is 18.5 Å².